The molecule has 68 valence electrons. The third kappa shape index (κ3) is 2.31. The van der Waals surface area contributed by atoms with Crippen molar-refractivity contribution in [3.05, 3.63) is 21.8 Å². The number of hydrogen-bond donors (Lipinski definition) is 2. The van der Waals surface area contributed by atoms with Gasteiger partial charge in [-0.2, -0.15) is 0 Å². The minimum Gasteiger partial charge on any atom is -0.478 e. The van der Waals surface area contributed by atoms with Crippen molar-refractivity contribution in [1.29, 1.82) is 0 Å². The van der Waals surface area contributed by atoms with Gasteiger partial charge < -0.3 is 10.2 Å². The summed E-state index contributed by atoms with van der Waals surface area (Å²) in [5.74, 6) is -1.13. The van der Waals surface area contributed by atoms with Gasteiger partial charge in [-0.05, 0) is 23.5 Å². The average Bonchev–Trinajstić information content (AvgIpc) is 1.86. The Labute approximate surface area is 84.9 Å². The quantitative estimate of drug-likeness (QED) is 0.471. The minimum atomic E-state index is -1.45. The van der Waals surface area contributed by atoms with Gasteiger partial charge in [-0.3, -0.25) is 0 Å². The lowest BCUT2D eigenvalue weighted by Crippen LogP contribution is -2.32. The number of carboxylic acids is 1. The third-order valence-corrected chi connectivity index (χ3v) is 2.32. The van der Waals surface area contributed by atoms with Crippen molar-refractivity contribution < 1.29 is 15.0 Å². The van der Waals surface area contributed by atoms with Crippen molar-refractivity contribution >= 4 is 28.6 Å². The molecule has 0 aliphatic heterocycles. The molecule has 0 aliphatic rings. The average molecular weight is 282 g/mol. The molecule has 4 heteroatoms. The number of carboxylic acid groups (broad SMARTS) is 1. The Bertz CT molecular complexity index is 241. The highest BCUT2D eigenvalue weighted by Crippen LogP contribution is 2.25. The Morgan fingerprint density at radius 2 is 2.08 bits per heavy atom. The molecular weight excluding hydrogens is 271 g/mol. The van der Waals surface area contributed by atoms with Crippen LogP contribution in [0.4, 0.5) is 0 Å². The predicted octanol–water partition coefficient (Wildman–Crippen LogP) is 1.72. The molecule has 0 aliphatic carbocycles. The van der Waals surface area contributed by atoms with Crippen molar-refractivity contribution in [3.8, 4) is 0 Å². The van der Waals surface area contributed by atoms with Crippen molar-refractivity contribution in [1.82, 2.24) is 0 Å². The smallest absolute Gasteiger partial charge is 0.335 e. The molecule has 2 N–H and O–H groups in total. The Balaban J connectivity index is 5.00. The zero-order chi connectivity index (χ0) is 9.94. The number of rotatable bonds is 3. The van der Waals surface area contributed by atoms with E-state index in [2.05, 4.69) is 6.58 Å². The molecule has 0 aromatic rings. The number of halogens is 1. The van der Waals surface area contributed by atoms with E-state index in [4.69, 9.17) is 5.11 Å². The van der Waals surface area contributed by atoms with Crippen LogP contribution in [0.1, 0.15) is 13.8 Å². The first-order valence-corrected chi connectivity index (χ1v) is 4.51. The molecule has 0 bridgehead atoms. The number of aliphatic carboxylic acids is 1. The van der Waals surface area contributed by atoms with Gasteiger partial charge >= 0.3 is 5.97 Å². The van der Waals surface area contributed by atoms with Crippen molar-refractivity contribution in [2.75, 3.05) is 0 Å². The SMILES string of the molecule is C=C(C)C(C)(O)C(=CI)C(=O)O. The third-order valence-electron chi connectivity index (χ3n) is 1.70. The fourth-order valence-electron chi connectivity index (χ4n) is 0.591. The van der Waals surface area contributed by atoms with E-state index in [0.29, 0.717) is 5.57 Å². The first-order valence-electron chi connectivity index (χ1n) is 3.26. The number of hydrogen-bond acceptors (Lipinski definition) is 2. The van der Waals surface area contributed by atoms with E-state index < -0.39 is 11.6 Å². The van der Waals surface area contributed by atoms with Gasteiger partial charge in [-0.25, -0.2) is 4.79 Å². The lowest BCUT2D eigenvalue weighted by Gasteiger charge is -2.23. The van der Waals surface area contributed by atoms with Gasteiger partial charge in [0.1, 0.15) is 5.60 Å². The van der Waals surface area contributed by atoms with Gasteiger partial charge in [0, 0.05) is 0 Å². The fraction of sp³-hybridized carbons (Fsp3) is 0.375. The van der Waals surface area contributed by atoms with E-state index >= 15 is 0 Å². The van der Waals surface area contributed by atoms with Gasteiger partial charge in [0.05, 0.1) is 5.57 Å². The van der Waals surface area contributed by atoms with Gasteiger partial charge in [0.2, 0.25) is 0 Å². The Morgan fingerprint density at radius 1 is 1.67 bits per heavy atom. The first kappa shape index (κ1) is 11.6. The van der Waals surface area contributed by atoms with Crippen LogP contribution >= 0.6 is 22.6 Å². The summed E-state index contributed by atoms with van der Waals surface area (Å²) in [5, 5.41) is 18.4. The zero-order valence-corrected chi connectivity index (χ0v) is 9.12. The molecular formula is C8H11IO3. The van der Waals surface area contributed by atoms with Crippen LogP contribution in [0.5, 0.6) is 0 Å². The molecule has 0 rings (SSSR count). The second-order valence-electron chi connectivity index (χ2n) is 2.68. The van der Waals surface area contributed by atoms with Gasteiger partial charge in [0.15, 0.2) is 0 Å². The van der Waals surface area contributed by atoms with Crippen molar-refractivity contribution in [3.63, 3.8) is 0 Å². The van der Waals surface area contributed by atoms with E-state index in [9.17, 15) is 9.90 Å². The molecule has 0 saturated carbocycles. The summed E-state index contributed by atoms with van der Waals surface area (Å²) in [6.45, 7) is 6.52. The number of carbonyl (C=O) groups is 1. The summed E-state index contributed by atoms with van der Waals surface area (Å²) in [4.78, 5) is 10.6. The van der Waals surface area contributed by atoms with Crippen LogP contribution in [0, 0.1) is 0 Å². The summed E-state index contributed by atoms with van der Waals surface area (Å²) < 4.78 is 1.34. The molecule has 0 aromatic heterocycles. The van der Waals surface area contributed by atoms with Crippen LogP contribution < -0.4 is 0 Å². The summed E-state index contributed by atoms with van der Waals surface area (Å²) in [6.07, 6.45) is 0. The Kier molecular flexibility index (Phi) is 3.92. The standard InChI is InChI=1S/C8H11IO3/c1-5(2)8(3,12)6(4-9)7(10)11/h4,12H,1H2,2-3H3,(H,10,11). The molecule has 0 fully saturated rings. The molecule has 0 spiro atoms. The van der Waals surface area contributed by atoms with E-state index in [1.807, 2.05) is 0 Å². The topological polar surface area (TPSA) is 57.5 Å². The van der Waals surface area contributed by atoms with E-state index in [1.165, 1.54) is 11.0 Å². The normalized spacial score (nSPS) is 16.8. The molecule has 0 saturated heterocycles. The highest BCUT2D eigenvalue weighted by Gasteiger charge is 2.31. The minimum absolute atomic E-state index is 0.0596. The molecule has 0 aromatic carbocycles. The van der Waals surface area contributed by atoms with Crippen molar-refractivity contribution in [2.24, 2.45) is 0 Å². The largest absolute Gasteiger partial charge is 0.478 e. The summed E-state index contributed by atoms with van der Waals surface area (Å²) in [6, 6.07) is 0. The van der Waals surface area contributed by atoms with Gasteiger partial charge in [-0.1, -0.05) is 29.2 Å². The Morgan fingerprint density at radius 3 is 2.17 bits per heavy atom. The van der Waals surface area contributed by atoms with Gasteiger partial charge in [0.25, 0.3) is 0 Å². The van der Waals surface area contributed by atoms with Crippen LogP contribution in [0.15, 0.2) is 21.8 Å². The fourth-order valence-corrected chi connectivity index (χ4v) is 1.46. The van der Waals surface area contributed by atoms with Crippen molar-refractivity contribution in [2.45, 2.75) is 19.4 Å². The molecule has 3 nitrogen and oxygen atoms in total. The maximum atomic E-state index is 10.6. The van der Waals surface area contributed by atoms with Crippen LogP contribution in [0.25, 0.3) is 0 Å². The molecule has 1 atom stereocenters. The maximum Gasteiger partial charge on any atom is 0.335 e. The van der Waals surface area contributed by atoms with E-state index in [1.54, 1.807) is 29.5 Å². The lowest BCUT2D eigenvalue weighted by molar-refractivity contribution is -0.134. The predicted molar refractivity (Wildman–Crippen MR) is 55.2 cm³/mol. The van der Waals surface area contributed by atoms with Crippen LogP contribution in [0.3, 0.4) is 0 Å². The van der Waals surface area contributed by atoms with E-state index in [0.717, 1.165) is 0 Å². The van der Waals surface area contributed by atoms with Crippen LogP contribution in [-0.2, 0) is 4.79 Å². The second kappa shape index (κ2) is 4.04. The lowest BCUT2D eigenvalue weighted by atomic mass is 9.91. The maximum absolute atomic E-state index is 10.6. The monoisotopic (exact) mass is 282 g/mol. The van der Waals surface area contributed by atoms with Crippen LogP contribution in [-0.4, -0.2) is 21.8 Å². The molecule has 0 radical (unpaired) electrons. The molecule has 0 heterocycles. The number of aliphatic hydroxyl groups is 1. The summed E-state index contributed by atoms with van der Waals surface area (Å²) >= 11 is 1.78. The highest BCUT2D eigenvalue weighted by atomic mass is 127. The highest BCUT2D eigenvalue weighted by molar-refractivity contribution is 14.1. The van der Waals surface area contributed by atoms with Crippen LogP contribution in [0.2, 0.25) is 0 Å². The van der Waals surface area contributed by atoms with Gasteiger partial charge in [-0.15, -0.1) is 0 Å². The first-order chi connectivity index (χ1) is 5.34. The molecule has 12 heavy (non-hydrogen) atoms. The molecule has 1 unspecified atom stereocenters. The van der Waals surface area contributed by atoms with E-state index in [-0.39, 0.29) is 5.57 Å². The summed E-state index contributed by atoms with van der Waals surface area (Å²) in [5.41, 5.74) is -1.10. The second-order valence-corrected chi connectivity index (χ2v) is 3.30. The zero-order valence-electron chi connectivity index (χ0n) is 6.97. The summed E-state index contributed by atoms with van der Waals surface area (Å²) in [7, 11) is 0. The Hall–Kier alpha value is -0.360. The molecule has 0 amide bonds.